The zero-order valence-electron chi connectivity index (χ0n) is 9.31. The molecular weight excluding hydrogens is 353 g/mol. The molecule has 3 aromatic rings. The molecule has 0 bridgehead atoms. The Bertz CT molecular complexity index is 758. The maximum Gasteiger partial charge on any atom is 0.255 e. The fraction of sp³-hybridized carbons (Fsp3) is 0. The Morgan fingerprint density at radius 3 is 2.84 bits per heavy atom. The second-order valence-electron chi connectivity index (χ2n) is 3.69. The molecule has 0 aliphatic carbocycles. The van der Waals surface area contributed by atoms with Gasteiger partial charge in [-0.2, -0.15) is 19.6 Å². The van der Waals surface area contributed by atoms with Crippen molar-refractivity contribution in [2.24, 2.45) is 0 Å². The zero-order valence-corrected chi connectivity index (χ0v) is 12.4. The number of aromatic nitrogens is 4. The van der Waals surface area contributed by atoms with Crippen LogP contribution in [0.25, 0.3) is 5.78 Å². The molecule has 0 saturated carbocycles. The Morgan fingerprint density at radius 2 is 2.05 bits per heavy atom. The zero-order chi connectivity index (χ0) is 13.4. The molecule has 0 saturated heterocycles. The maximum absolute atomic E-state index is 6.16. The summed E-state index contributed by atoms with van der Waals surface area (Å²) in [5.74, 6) is 1.06. The fourth-order valence-electron chi connectivity index (χ4n) is 1.60. The molecule has 1 aromatic carbocycles. The molecule has 0 atom stereocenters. The van der Waals surface area contributed by atoms with Crippen LogP contribution in [0.3, 0.4) is 0 Å². The Labute approximate surface area is 126 Å². The number of fused-ring (bicyclic) bond motifs is 1. The van der Waals surface area contributed by atoms with Crippen molar-refractivity contribution in [3.63, 3.8) is 0 Å². The molecule has 5 nitrogen and oxygen atoms in total. The topological polar surface area (TPSA) is 55.1 Å². The smallest absolute Gasteiger partial charge is 0.255 e. The molecule has 96 valence electrons. The van der Waals surface area contributed by atoms with Crippen LogP contribution in [0.15, 0.2) is 35.1 Å². The summed E-state index contributed by atoms with van der Waals surface area (Å²) in [7, 11) is 0. The Morgan fingerprint density at radius 1 is 1.21 bits per heavy atom. The molecule has 8 heteroatoms. The lowest BCUT2D eigenvalue weighted by Gasteiger charge is -2.09. The minimum atomic E-state index is 0.330. The molecule has 0 spiro atoms. The first-order chi connectivity index (χ1) is 9.13. The Kier molecular flexibility index (Phi) is 3.30. The predicted octanol–water partition coefficient (Wildman–Crippen LogP) is 3.94. The average Bonchev–Trinajstić information content (AvgIpc) is 2.80. The van der Waals surface area contributed by atoms with E-state index < -0.39 is 0 Å². The Balaban J connectivity index is 2.07. The van der Waals surface area contributed by atoms with E-state index >= 15 is 0 Å². The lowest BCUT2D eigenvalue weighted by molar-refractivity contribution is 0.947. The summed E-state index contributed by atoms with van der Waals surface area (Å²) in [5, 5.41) is 8.13. The molecule has 0 fully saturated rings. The second-order valence-corrected chi connectivity index (χ2v) is 5.40. The molecule has 3 rings (SSSR count). The van der Waals surface area contributed by atoms with Crippen molar-refractivity contribution in [1.82, 2.24) is 19.6 Å². The van der Waals surface area contributed by atoms with Crippen molar-refractivity contribution in [3.8, 4) is 0 Å². The standard InChI is InChI=1S/C11H6BrCl2N5/c12-6-1-2-8(7(13)3-6)17-10-4-9(14)18-11-15-5-16-19(10)11/h1-5,17H. The van der Waals surface area contributed by atoms with Crippen LogP contribution in [0, 0.1) is 0 Å². The molecule has 0 amide bonds. The van der Waals surface area contributed by atoms with Crippen molar-refractivity contribution in [2.45, 2.75) is 0 Å². The monoisotopic (exact) mass is 357 g/mol. The molecule has 19 heavy (non-hydrogen) atoms. The van der Waals surface area contributed by atoms with Gasteiger partial charge in [0.25, 0.3) is 5.78 Å². The van der Waals surface area contributed by atoms with E-state index in [4.69, 9.17) is 23.2 Å². The van der Waals surface area contributed by atoms with Crippen molar-refractivity contribution >= 4 is 56.4 Å². The van der Waals surface area contributed by atoms with Crippen LogP contribution >= 0.6 is 39.1 Å². The van der Waals surface area contributed by atoms with Crippen LogP contribution in [-0.4, -0.2) is 19.6 Å². The largest absolute Gasteiger partial charge is 0.339 e. The Hall–Kier alpha value is -1.37. The number of hydrogen-bond acceptors (Lipinski definition) is 4. The molecule has 1 N–H and O–H groups in total. The van der Waals surface area contributed by atoms with Gasteiger partial charge in [0.05, 0.1) is 10.7 Å². The molecule has 0 aliphatic heterocycles. The van der Waals surface area contributed by atoms with E-state index in [1.807, 2.05) is 12.1 Å². The van der Waals surface area contributed by atoms with Crippen LogP contribution in [-0.2, 0) is 0 Å². The summed E-state index contributed by atoms with van der Waals surface area (Å²) in [6.45, 7) is 0. The van der Waals surface area contributed by atoms with Crippen LogP contribution in [0.2, 0.25) is 10.2 Å². The van der Waals surface area contributed by atoms with Gasteiger partial charge in [-0.05, 0) is 18.2 Å². The van der Waals surface area contributed by atoms with Gasteiger partial charge in [0.15, 0.2) is 0 Å². The van der Waals surface area contributed by atoms with Crippen molar-refractivity contribution in [2.75, 3.05) is 5.32 Å². The SMILES string of the molecule is Clc1cc(Nc2ccc(Br)cc2Cl)n2ncnc2n1. The third kappa shape index (κ3) is 2.51. The first-order valence-electron chi connectivity index (χ1n) is 5.22. The number of rotatable bonds is 2. The van der Waals surface area contributed by atoms with Gasteiger partial charge in [0.1, 0.15) is 17.3 Å². The fourth-order valence-corrected chi connectivity index (χ4v) is 2.50. The maximum atomic E-state index is 6.16. The first-order valence-corrected chi connectivity index (χ1v) is 6.77. The van der Waals surface area contributed by atoms with E-state index in [1.54, 1.807) is 16.6 Å². The highest BCUT2D eigenvalue weighted by atomic mass is 79.9. The van der Waals surface area contributed by atoms with Gasteiger partial charge in [-0.15, -0.1) is 0 Å². The summed E-state index contributed by atoms with van der Waals surface area (Å²) >= 11 is 15.5. The predicted molar refractivity (Wildman–Crippen MR) is 78.2 cm³/mol. The van der Waals surface area contributed by atoms with E-state index in [-0.39, 0.29) is 0 Å². The summed E-state index contributed by atoms with van der Waals surface area (Å²) < 4.78 is 2.45. The summed E-state index contributed by atoms with van der Waals surface area (Å²) in [5.41, 5.74) is 0.740. The van der Waals surface area contributed by atoms with Gasteiger partial charge in [0, 0.05) is 10.5 Å². The molecule has 0 aliphatic rings. The summed E-state index contributed by atoms with van der Waals surface area (Å²) in [6, 6.07) is 7.19. The summed E-state index contributed by atoms with van der Waals surface area (Å²) in [4.78, 5) is 8.04. The van der Waals surface area contributed by atoms with E-state index in [9.17, 15) is 0 Å². The van der Waals surface area contributed by atoms with Gasteiger partial charge < -0.3 is 5.32 Å². The van der Waals surface area contributed by atoms with Gasteiger partial charge in [-0.3, -0.25) is 0 Å². The minimum absolute atomic E-state index is 0.330. The summed E-state index contributed by atoms with van der Waals surface area (Å²) in [6.07, 6.45) is 1.41. The lowest BCUT2D eigenvalue weighted by atomic mass is 10.3. The first kappa shape index (κ1) is 12.7. The van der Waals surface area contributed by atoms with Crippen LogP contribution in [0.4, 0.5) is 11.5 Å². The lowest BCUT2D eigenvalue weighted by Crippen LogP contribution is -2.01. The van der Waals surface area contributed by atoms with Crippen LogP contribution in [0.1, 0.15) is 0 Å². The molecule has 2 heterocycles. The highest BCUT2D eigenvalue weighted by Gasteiger charge is 2.08. The van der Waals surface area contributed by atoms with Gasteiger partial charge in [0.2, 0.25) is 0 Å². The molecule has 0 unspecified atom stereocenters. The van der Waals surface area contributed by atoms with E-state index in [2.05, 4.69) is 36.3 Å². The van der Waals surface area contributed by atoms with E-state index in [1.165, 1.54) is 6.33 Å². The van der Waals surface area contributed by atoms with Gasteiger partial charge in [-0.1, -0.05) is 39.1 Å². The number of halogens is 3. The normalized spacial score (nSPS) is 10.9. The average molecular weight is 359 g/mol. The highest BCUT2D eigenvalue weighted by molar-refractivity contribution is 9.10. The molecule has 0 radical (unpaired) electrons. The van der Waals surface area contributed by atoms with Crippen molar-refractivity contribution in [3.05, 3.63) is 45.2 Å². The third-order valence-electron chi connectivity index (χ3n) is 2.41. The van der Waals surface area contributed by atoms with Crippen molar-refractivity contribution in [1.29, 1.82) is 0 Å². The van der Waals surface area contributed by atoms with Gasteiger partial charge >= 0.3 is 0 Å². The number of nitrogens with one attached hydrogen (secondary N) is 1. The molecule has 2 aromatic heterocycles. The number of hydrogen-bond donors (Lipinski definition) is 1. The van der Waals surface area contributed by atoms with E-state index in [0.29, 0.717) is 21.8 Å². The van der Waals surface area contributed by atoms with Crippen LogP contribution in [0.5, 0.6) is 0 Å². The number of nitrogens with zero attached hydrogens (tertiary/aromatic N) is 4. The minimum Gasteiger partial charge on any atom is -0.339 e. The second kappa shape index (κ2) is 4.96. The number of benzene rings is 1. The third-order valence-corrected chi connectivity index (χ3v) is 3.41. The quantitative estimate of drug-likeness (QED) is 0.705. The van der Waals surface area contributed by atoms with Gasteiger partial charge in [-0.25, -0.2) is 0 Å². The van der Waals surface area contributed by atoms with Crippen LogP contribution < -0.4 is 5.32 Å². The van der Waals surface area contributed by atoms with Crippen molar-refractivity contribution < 1.29 is 0 Å². The molecular formula is C11H6BrCl2N5. The number of anilines is 2. The van der Waals surface area contributed by atoms with E-state index in [0.717, 1.165) is 10.2 Å². The highest BCUT2D eigenvalue weighted by Crippen LogP contribution is 2.28.